The first-order chi connectivity index (χ1) is 14.5. The first-order valence-corrected chi connectivity index (χ1v) is 8.78. The van der Waals surface area contributed by atoms with Crippen LogP contribution < -0.4 is 14.4 Å². The number of fused-ring (bicyclic) bond motifs is 1. The smallest absolute Gasteiger partial charge is 0.395 e. The van der Waals surface area contributed by atoms with Gasteiger partial charge in [-0.3, -0.25) is 14.8 Å². The topological polar surface area (TPSA) is 80.3 Å². The molecule has 0 bridgehead atoms. The van der Waals surface area contributed by atoms with Gasteiger partial charge < -0.3 is 9.47 Å². The molecule has 3 heterocycles. The maximum Gasteiger partial charge on any atom is 0.586 e. The van der Waals surface area contributed by atoms with Crippen LogP contribution in [0.3, 0.4) is 0 Å². The fourth-order valence-corrected chi connectivity index (χ4v) is 3.15. The number of aromatic amines is 1. The molecule has 0 fully saturated rings. The largest absolute Gasteiger partial charge is 0.586 e. The normalized spacial score (nSPS) is 14.5. The Morgan fingerprint density at radius 2 is 1.84 bits per heavy atom. The van der Waals surface area contributed by atoms with Gasteiger partial charge in [-0.15, -0.1) is 8.78 Å². The Morgan fingerprint density at radius 1 is 1.16 bits per heavy atom. The summed E-state index contributed by atoms with van der Waals surface area (Å²) in [5.41, 5.74) is -1.26. The lowest BCUT2D eigenvalue weighted by atomic mass is 10.1. The van der Waals surface area contributed by atoms with Gasteiger partial charge in [0.05, 0.1) is 16.8 Å². The van der Waals surface area contributed by atoms with Crippen molar-refractivity contribution in [3.8, 4) is 22.6 Å². The van der Waals surface area contributed by atoms with E-state index in [1.165, 1.54) is 31.4 Å². The second-order valence-electron chi connectivity index (χ2n) is 6.37. The van der Waals surface area contributed by atoms with Gasteiger partial charge in [-0.1, -0.05) is 11.6 Å². The zero-order valence-corrected chi connectivity index (χ0v) is 16.1. The predicted molar refractivity (Wildman–Crippen MR) is 97.2 cm³/mol. The van der Waals surface area contributed by atoms with Crippen molar-refractivity contribution in [1.82, 2.24) is 15.2 Å². The minimum atomic E-state index is -4.79. The SMILES string of the molecule is CN(C(=O)c1cn[nH]c1C(F)(F)F)c1ccc(-c2cc3c(cc2Cl)OC(F)(F)O3)cn1. The number of alkyl halides is 5. The Hall–Kier alpha value is -3.41. The average molecular weight is 461 g/mol. The van der Waals surface area contributed by atoms with Crippen LogP contribution in [0.5, 0.6) is 11.5 Å². The van der Waals surface area contributed by atoms with E-state index in [1.807, 2.05) is 0 Å². The number of benzene rings is 1. The standard InChI is InChI=1S/C18H10ClF5N4O3/c1-28(16(29)10-7-26-27-15(10)17(20,21)22)14-3-2-8(6-25-14)9-4-12-13(5-11(9)19)31-18(23,24)30-12/h2-7H,1H3,(H,26,27). The molecule has 0 saturated carbocycles. The molecule has 0 atom stereocenters. The van der Waals surface area contributed by atoms with Gasteiger partial charge in [-0.25, -0.2) is 4.98 Å². The maximum absolute atomic E-state index is 13.2. The molecule has 162 valence electrons. The van der Waals surface area contributed by atoms with E-state index in [4.69, 9.17) is 11.6 Å². The molecule has 7 nitrogen and oxygen atoms in total. The van der Waals surface area contributed by atoms with Crippen LogP contribution in [0.2, 0.25) is 5.02 Å². The number of pyridine rings is 1. The van der Waals surface area contributed by atoms with Crippen LogP contribution in [0.4, 0.5) is 27.8 Å². The molecule has 0 spiro atoms. The molecule has 1 aliphatic rings. The Bertz CT molecular complexity index is 1160. The lowest BCUT2D eigenvalue weighted by Gasteiger charge is -2.17. The Kier molecular flexibility index (Phi) is 4.76. The van der Waals surface area contributed by atoms with Crippen LogP contribution >= 0.6 is 11.6 Å². The van der Waals surface area contributed by atoms with Crippen molar-refractivity contribution < 1.29 is 36.2 Å². The molecule has 0 radical (unpaired) electrons. The molecule has 1 aromatic carbocycles. The van der Waals surface area contributed by atoms with Crippen molar-refractivity contribution >= 4 is 23.3 Å². The van der Waals surface area contributed by atoms with Crippen molar-refractivity contribution in [2.75, 3.05) is 11.9 Å². The molecule has 1 aliphatic heterocycles. The third-order valence-corrected chi connectivity index (χ3v) is 4.66. The highest BCUT2D eigenvalue weighted by atomic mass is 35.5. The molecule has 1 amide bonds. The molecule has 2 aromatic heterocycles. The van der Waals surface area contributed by atoms with Crippen molar-refractivity contribution in [3.05, 3.63) is 52.9 Å². The Morgan fingerprint density at radius 3 is 2.45 bits per heavy atom. The van der Waals surface area contributed by atoms with E-state index < -0.39 is 29.6 Å². The lowest BCUT2D eigenvalue weighted by Crippen LogP contribution is -2.28. The molecule has 3 aromatic rings. The number of anilines is 1. The number of H-pyrrole nitrogens is 1. The molecule has 0 unspecified atom stereocenters. The van der Waals surface area contributed by atoms with Crippen molar-refractivity contribution in [2.24, 2.45) is 0 Å². The van der Waals surface area contributed by atoms with E-state index in [1.54, 1.807) is 5.10 Å². The van der Waals surface area contributed by atoms with Gasteiger partial charge in [0.25, 0.3) is 5.91 Å². The number of carbonyl (C=O) groups excluding carboxylic acids is 1. The van der Waals surface area contributed by atoms with Gasteiger partial charge in [0, 0.05) is 30.4 Å². The summed E-state index contributed by atoms with van der Waals surface area (Å²) in [6.07, 6.45) is -6.54. The Balaban J connectivity index is 1.60. The highest BCUT2D eigenvalue weighted by Gasteiger charge is 2.44. The van der Waals surface area contributed by atoms with E-state index >= 15 is 0 Å². The van der Waals surface area contributed by atoms with E-state index in [0.717, 1.165) is 17.2 Å². The molecule has 0 saturated heterocycles. The quantitative estimate of drug-likeness (QED) is 0.571. The second kappa shape index (κ2) is 7.08. The number of halogens is 6. The molecule has 13 heteroatoms. The van der Waals surface area contributed by atoms with E-state index in [0.29, 0.717) is 11.1 Å². The van der Waals surface area contributed by atoms with Gasteiger partial charge in [-0.2, -0.15) is 18.3 Å². The average Bonchev–Trinajstić information content (AvgIpc) is 3.29. The maximum atomic E-state index is 13.2. The number of hydrogen-bond donors (Lipinski definition) is 1. The molecule has 4 rings (SSSR count). The van der Waals surface area contributed by atoms with E-state index in [2.05, 4.69) is 19.6 Å². The third kappa shape index (κ3) is 3.85. The first kappa shape index (κ1) is 20.8. The number of hydrogen-bond acceptors (Lipinski definition) is 5. The summed E-state index contributed by atoms with van der Waals surface area (Å²) in [7, 11) is 1.24. The van der Waals surface area contributed by atoms with Crippen LogP contribution in [-0.4, -0.2) is 34.4 Å². The monoisotopic (exact) mass is 460 g/mol. The van der Waals surface area contributed by atoms with Crippen molar-refractivity contribution in [3.63, 3.8) is 0 Å². The third-order valence-electron chi connectivity index (χ3n) is 4.35. The summed E-state index contributed by atoms with van der Waals surface area (Å²) in [4.78, 5) is 17.4. The summed E-state index contributed by atoms with van der Waals surface area (Å²) in [6.45, 7) is 0. The number of nitrogens with zero attached hydrogens (tertiary/aromatic N) is 3. The van der Waals surface area contributed by atoms with E-state index in [9.17, 15) is 26.7 Å². The van der Waals surface area contributed by atoms with Gasteiger partial charge >= 0.3 is 12.5 Å². The summed E-state index contributed by atoms with van der Waals surface area (Å²) in [6, 6.07) is 5.23. The zero-order valence-electron chi connectivity index (χ0n) is 15.3. The number of nitrogens with one attached hydrogen (secondary N) is 1. The summed E-state index contributed by atoms with van der Waals surface area (Å²) in [5.74, 6) is -1.40. The number of ether oxygens (including phenoxy) is 2. The van der Waals surface area contributed by atoms with Crippen LogP contribution in [0.15, 0.2) is 36.7 Å². The second-order valence-corrected chi connectivity index (χ2v) is 6.78. The number of aromatic nitrogens is 3. The van der Waals surface area contributed by atoms with Crippen LogP contribution in [0.1, 0.15) is 16.1 Å². The van der Waals surface area contributed by atoms with Crippen LogP contribution in [0, 0.1) is 0 Å². The van der Waals surface area contributed by atoms with Crippen LogP contribution in [0.25, 0.3) is 11.1 Å². The van der Waals surface area contributed by atoms with Gasteiger partial charge in [0.2, 0.25) is 0 Å². The summed E-state index contributed by atoms with van der Waals surface area (Å²) in [5, 5.41) is 5.12. The van der Waals surface area contributed by atoms with E-state index in [-0.39, 0.29) is 22.3 Å². The van der Waals surface area contributed by atoms with Crippen LogP contribution in [-0.2, 0) is 6.18 Å². The summed E-state index contributed by atoms with van der Waals surface area (Å²) >= 11 is 6.13. The number of rotatable bonds is 3. The van der Waals surface area contributed by atoms with Gasteiger partial charge in [-0.05, 0) is 18.2 Å². The molecular formula is C18H10ClF5N4O3. The van der Waals surface area contributed by atoms with Crippen molar-refractivity contribution in [1.29, 1.82) is 0 Å². The van der Waals surface area contributed by atoms with Gasteiger partial charge in [0.1, 0.15) is 5.82 Å². The highest BCUT2D eigenvalue weighted by Crippen LogP contribution is 2.46. The Labute approximate surface area is 175 Å². The molecule has 1 N–H and O–H groups in total. The molecular weight excluding hydrogens is 451 g/mol. The highest BCUT2D eigenvalue weighted by molar-refractivity contribution is 6.33. The predicted octanol–water partition coefficient (Wildman–Crippen LogP) is 4.74. The minimum Gasteiger partial charge on any atom is -0.395 e. The lowest BCUT2D eigenvalue weighted by molar-refractivity contribution is -0.286. The fraction of sp³-hybridized carbons (Fsp3) is 0.167. The fourth-order valence-electron chi connectivity index (χ4n) is 2.89. The van der Waals surface area contributed by atoms with Gasteiger partial charge in [0.15, 0.2) is 17.2 Å². The summed E-state index contributed by atoms with van der Waals surface area (Å²) < 4.78 is 74.1. The first-order valence-electron chi connectivity index (χ1n) is 8.41. The minimum absolute atomic E-state index is 0.0338. The number of carbonyl (C=O) groups is 1. The zero-order chi connectivity index (χ0) is 22.6. The molecule has 31 heavy (non-hydrogen) atoms. The molecule has 0 aliphatic carbocycles. The van der Waals surface area contributed by atoms with Crippen molar-refractivity contribution in [2.45, 2.75) is 12.5 Å². The number of amides is 1.